The van der Waals surface area contributed by atoms with Gasteiger partial charge in [-0.25, -0.2) is 4.79 Å². The lowest BCUT2D eigenvalue weighted by molar-refractivity contribution is -0.145. The van der Waals surface area contributed by atoms with E-state index in [9.17, 15) is 14.4 Å². The Morgan fingerprint density at radius 1 is 0.875 bits per heavy atom. The third-order valence-electron chi connectivity index (χ3n) is 5.35. The molecule has 2 aromatic heterocycles. The van der Waals surface area contributed by atoms with Gasteiger partial charge in [0.25, 0.3) is 0 Å². The van der Waals surface area contributed by atoms with Gasteiger partial charge >= 0.3 is 11.6 Å². The molecule has 32 heavy (non-hydrogen) atoms. The van der Waals surface area contributed by atoms with E-state index in [0.717, 1.165) is 4.47 Å². The van der Waals surface area contributed by atoms with Crippen LogP contribution >= 0.6 is 15.9 Å². The predicted molar refractivity (Wildman–Crippen MR) is 126 cm³/mol. The van der Waals surface area contributed by atoms with Crippen LogP contribution in [0.15, 0.2) is 91.3 Å². The molecule has 0 N–H and O–H groups in total. The molecule has 2 heterocycles. The largest absolute Gasteiger partial charge is 0.459 e. The van der Waals surface area contributed by atoms with Crippen LogP contribution in [-0.4, -0.2) is 10.5 Å². The van der Waals surface area contributed by atoms with Gasteiger partial charge in [0.15, 0.2) is 5.43 Å². The van der Waals surface area contributed by atoms with Crippen LogP contribution in [0.25, 0.3) is 32.8 Å². The van der Waals surface area contributed by atoms with Gasteiger partial charge in [-0.2, -0.15) is 0 Å². The first kappa shape index (κ1) is 20.2. The van der Waals surface area contributed by atoms with Crippen molar-refractivity contribution in [2.75, 3.05) is 0 Å². The number of rotatable bonds is 4. The van der Waals surface area contributed by atoms with E-state index in [0.29, 0.717) is 38.3 Å². The van der Waals surface area contributed by atoms with Gasteiger partial charge < -0.3 is 13.7 Å². The second-order valence-corrected chi connectivity index (χ2v) is 8.26. The smallest absolute Gasteiger partial charge is 0.336 e. The van der Waals surface area contributed by atoms with Crippen LogP contribution in [0, 0.1) is 0 Å². The maximum absolute atomic E-state index is 12.8. The van der Waals surface area contributed by atoms with Crippen molar-refractivity contribution in [1.29, 1.82) is 0 Å². The minimum atomic E-state index is -0.515. The van der Waals surface area contributed by atoms with Gasteiger partial charge in [-0.3, -0.25) is 9.59 Å². The summed E-state index contributed by atoms with van der Waals surface area (Å²) in [5.41, 5.74) is 1.70. The average Bonchev–Trinajstić information content (AvgIpc) is 2.80. The summed E-state index contributed by atoms with van der Waals surface area (Å²) >= 11 is 3.35. The Morgan fingerprint density at radius 2 is 1.53 bits per heavy atom. The fourth-order valence-electron chi connectivity index (χ4n) is 3.90. The average molecular weight is 490 g/mol. The van der Waals surface area contributed by atoms with Crippen molar-refractivity contribution in [2.24, 2.45) is 0 Å². The van der Waals surface area contributed by atoms with E-state index in [-0.39, 0.29) is 18.6 Å². The molecule has 3 aromatic carbocycles. The third kappa shape index (κ3) is 3.61. The van der Waals surface area contributed by atoms with E-state index >= 15 is 0 Å². The molecule has 0 aliphatic carbocycles. The zero-order valence-electron chi connectivity index (χ0n) is 16.7. The van der Waals surface area contributed by atoms with Gasteiger partial charge in [0, 0.05) is 32.3 Å². The molecule has 0 aliphatic rings. The summed E-state index contributed by atoms with van der Waals surface area (Å²) in [6.07, 6.45) is 0. The first-order valence-corrected chi connectivity index (χ1v) is 10.7. The lowest BCUT2D eigenvalue weighted by atomic mass is 10.1. The van der Waals surface area contributed by atoms with E-state index < -0.39 is 11.6 Å². The summed E-state index contributed by atoms with van der Waals surface area (Å²) in [7, 11) is 0. The molecule has 5 rings (SSSR count). The van der Waals surface area contributed by atoms with E-state index in [1.54, 1.807) is 41.0 Å². The summed E-state index contributed by atoms with van der Waals surface area (Å²) in [4.78, 5) is 37.6. The van der Waals surface area contributed by atoms with Crippen molar-refractivity contribution in [1.82, 2.24) is 4.57 Å². The number of para-hydroxylation sites is 2. The standard InChI is InChI=1S/C25H16BrNO5/c26-16-9-10-17-15(11-23(28)32-22(17)12-16)14-31-24(29)13-27-20-7-3-1-5-18(20)25(30)19-6-2-4-8-21(19)27/h1-12H,13-14H2. The van der Waals surface area contributed by atoms with Crippen molar-refractivity contribution < 1.29 is 13.9 Å². The van der Waals surface area contributed by atoms with Crippen molar-refractivity contribution in [3.8, 4) is 0 Å². The Balaban J connectivity index is 1.49. The summed E-state index contributed by atoms with van der Waals surface area (Å²) < 4.78 is 13.3. The number of benzene rings is 3. The van der Waals surface area contributed by atoms with E-state index in [1.165, 1.54) is 6.07 Å². The molecule has 0 atom stereocenters. The Bertz CT molecular complexity index is 1570. The quantitative estimate of drug-likeness (QED) is 0.206. The monoisotopic (exact) mass is 489 g/mol. The highest BCUT2D eigenvalue weighted by Crippen LogP contribution is 2.23. The summed E-state index contributed by atoms with van der Waals surface area (Å²) in [5.74, 6) is -0.484. The number of hydrogen-bond acceptors (Lipinski definition) is 5. The Morgan fingerprint density at radius 3 is 2.22 bits per heavy atom. The second-order valence-electron chi connectivity index (χ2n) is 7.34. The van der Waals surface area contributed by atoms with Crippen LogP contribution in [0.5, 0.6) is 0 Å². The zero-order chi connectivity index (χ0) is 22.2. The van der Waals surface area contributed by atoms with Crippen LogP contribution in [0.2, 0.25) is 0 Å². The lowest BCUT2D eigenvalue weighted by Gasteiger charge is -2.15. The first-order chi connectivity index (χ1) is 15.5. The zero-order valence-corrected chi connectivity index (χ0v) is 18.3. The Labute approximate surface area is 189 Å². The molecule has 5 aromatic rings. The number of halogens is 1. The van der Waals surface area contributed by atoms with Gasteiger partial charge in [0.1, 0.15) is 18.7 Å². The number of nitrogens with zero attached hydrogens (tertiary/aromatic N) is 1. The highest BCUT2D eigenvalue weighted by atomic mass is 79.9. The van der Waals surface area contributed by atoms with Gasteiger partial charge in [-0.05, 0) is 42.5 Å². The Kier molecular flexibility index (Phi) is 5.11. The third-order valence-corrected chi connectivity index (χ3v) is 5.84. The SMILES string of the molecule is O=C(Cn1c2ccccc2c(=O)c2ccccc21)OCc1cc(=O)oc2cc(Br)ccc12. The number of carbonyl (C=O) groups is 1. The van der Waals surface area contributed by atoms with E-state index in [2.05, 4.69) is 15.9 Å². The summed E-state index contributed by atoms with van der Waals surface area (Å²) in [6, 6.07) is 21.0. The number of fused-ring (bicyclic) bond motifs is 3. The summed E-state index contributed by atoms with van der Waals surface area (Å²) in [5, 5.41) is 1.77. The van der Waals surface area contributed by atoms with Gasteiger partial charge in [-0.1, -0.05) is 40.2 Å². The number of ether oxygens (including phenoxy) is 1. The van der Waals surface area contributed by atoms with Gasteiger partial charge in [0.05, 0.1) is 11.0 Å². The molecule has 0 fully saturated rings. The highest BCUT2D eigenvalue weighted by molar-refractivity contribution is 9.10. The van der Waals surface area contributed by atoms with Crippen molar-refractivity contribution in [3.63, 3.8) is 0 Å². The molecular formula is C25H16BrNO5. The maximum Gasteiger partial charge on any atom is 0.336 e. The summed E-state index contributed by atoms with van der Waals surface area (Å²) in [6.45, 7) is -0.148. The molecular weight excluding hydrogens is 474 g/mol. The van der Waals surface area contributed by atoms with Crippen molar-refractivity contribution in [3.05, 3.63) is 103 Å². The fourth-order valence-corrected chi connectivity index (χ4v) is 4.24. The molecule has 0 radical (unpaired) electrons. The van der Waals surface area contributed by atoms with Crippen LogP contribution < -0.4 is 11.1 Å². The molecule has 158 valence electrons. The van der Waals surface area contributed by atoms with Crippen molar-refractivity contribution >= 4 is 54.7 Å². The molecule has 0 bridgehead atoms. The minimum absolute atomic E-state index is 0.0708. The molecule has 0 saturated carbocycles. The molecule has 6 nitrogen and oxygen atoms in total. The normalized spacial score (nSPS) is 11.3. The van der Waals surface area contributed by atoms with Crippen molar-refractivity contribution in [2.45, 2.75) is 13.2 Å². The molecule has 0 aliphatic heterocycles. The molecule has 0 saturated heterocycles. The molecule has 7 heteroatoms. The van der Waals surface area contributed by atoms with Gasteiger partial charge in [-0.15, -0.1) is 0 Å². The van der Waals surface area contributed by atoms with Crippen LogP contribution in [0.3, 0.4) is 0 Å². The molecule has 0 spiro atoms. The lowest BCUT2D eigenvalue weighted by Crippen LogP contribution is -2.18. The Hall–Kier alpha value is -3.71. The van der Waals surface area contributed by atoms with Crippen LogP contribution in [-0.2, 0) is 22.7 Å². The molecule has 0 amide bonds. The number of aromatic nitrogens is 1. The topological polar surface area (TPSA) is 78.5 Å². The number of carbonyl (C=O) groups excluding carboxylic acids is 1. The van der Waals surface area contributed by atoms with E-state index in [1.807, 2.05) is 30.3 Å². The maximum atomic E-state index is 12.8. The number of pyridine rings is 1. The first-order valence-electron chi connectivity index (χ1n) is 9.89. The molecule has 0 unspecified atom stereocenters. The van der Waals surface area contributed by atoms with Gasteiger partial charge in [0.2, 0.25) is 0 Å². The number of hydrogen-bond donors (Lipinski definition) is 0. The van der Waals surface area contributed by atoms with E-state index in [4.69, 9.17) is 9.15 Å². The second kappa shape index (κ2) is 8.09. The fraction of sp³-hybridized carbons (Fsp3) is 0.0800. The highest BCUT2D eigenvalue weighted by Gasteiger charge is 2.14. The number of esters is 1. The van der Waals surface area contributed by atoms with Crippen LogP contribution in [0.1, 0.15) is 5.56 Å². The predicted octanol–water partition coefficient (Wildman–Crippen LogP) is 4.77. The van der Waals surface area contributed by atoms with Crippen LogP contribution in [0.4, 0.5) is 0 Å². The minimum Gasteiger partial charge on any atom is -0.459 e.